The second kappa shape index (κ2) is 4.43. The van der Waals surface area contributed by atoms with Crippen LogP contribution in [-0.2, 0) is 4.79 Å². The molecule has 1 heterocycles. The van der Waals surface area contributed by atoms with Gasteiger partial charge in [0.25, 0.3) is 0 Å². The third-order valence-corrected chi connectivity index (χ3v) is 4.58. The number of alkyl halides is 2. The van der Waals surface area contributed by atoms with Gasteiger partial charge >= 0.3 is 0 Å². The molecule has 1 aliphatic rings. The van der Waals surface area contributed by atoms with E-state index in [1.165, 1.54) is 11.0 Å². The number of rotatable bonds is 3. The number of amides is 1. The van der Waals surface area contributed by atoms with E-state index in [0.29, 0.717) is 12.1 Å². The lowest BCUT2D eigenvalue weighted by molar-refractivity contribution is -0.120. The minimum Gasteiger partial charge on any atom is -0.325 e. The maximum atomic E-state index is 12.2. The van der Waals surface area contributed by atoms with E-state index in [-0.39, 0.29) is 5.91 Å². The first-order valence-corrected chi connectivity index (χ1v) is 6.71. The molecule has 1 aromatic heterocycles. The number of nitrogens with one attached hydrogen (secondary N) is 1. The van der Waals surface area contributed by atoms with Gasteiger partial charge in [-0.15, -0.1) is 28.3 Å². The summed E-state index contributed by atoms with van der Waals surface area (Å²) in [5.74, 6) is -0.198. The molecule has 6 nitrogen and oxygen atoms in total. The second-order valence-corrected chi connectivity index (χ2v) is 6.46. The van der Waals surface area contributed by atoms with Crippen molar-refractivity contribution in [2.24, 2.45) is 5.41 Å². The molecule has 1 N–H and O–H groups in total. The number of hydrogen-bond acceptors (Lipinski definition) is 4. The number of carbonyl (C=O) groups is 1. The molecule has 1 amide bonds. The normalized spacial score (nSPS) is 23.4. The van der Waals surface area contributed by atoms with Crippen molar-refractivity contribution < 1.29 is 4.79 Å². The van der Waals surface area contributed by atoms with Crippen LogP contribution in [0.4, 0.5) is 5.69 Å². The molecule has 1 aromatic carbocycles. The van der Waals surface area contributed by atoms with Gasteiger partial charge in [-0.2, -0.15) is 0 Å². The van der Waals surface area contributed by atoms with E-state index in [1.54, 1.807) is 25.1 Å². The molecule has 1 fully saturated rings. The molecule has 20 heavy (non-hydrogen) atoms. The van der Waals surface area contributed by atoms with E-state index in [0.717, 1.165) is 5.69 Å². The van der Waals surface area contributed by atoms with Crippen LogP contribution in [0.3, 0.4) is 0 Å². The monoisotopic (exact) mass is 311 g/mol. The second-order valence-electron chi connectivity index (χ2n) is 4.97. The molecule has 0 bridgehead atoms. The highest BCUT2D eigenvalue weighted by molar-refractivity contribution is 6.53. The number of carbonyl (C=O) groups excluding carboxylic acids is 1. The van der Waals surface area contributed by atoms with Crippen molar-refractivity contribution in [2.75, 3.05) is 5.32 Å². The van der Waals surface area contributed by atoms with Crippen molar-refractivity contribution in [3.8, 4) is 5.69 Å². The fourth-order valence-electron chi connectivity index (χ4n) is 1.92. The first-order valence-electron chi connectivity index (χ1n) is 5.95. The smallest absolute Gasteiger partial charge is 0.233 e. The molecule has 0 saturated heterocycles. The van der Waals surface area contributed by atoms with Crippen molar-refractivity contribution in [1.29, 1.82) is 0 Å². The van der Waals surface area contributed by atoms with Gasteiger partial charge in [-0.1, -0.05) is 6.07 Å². The Hall–Kier alpha value is -1.66. The fraction of sp³-hybridized carbons (Fsp3) is 0.333. The molecule has 104 valence electrons. The van der Waals surface area contributed by atoms with Crippen LogP contribution in [0.15, 0.2) is 30.6 Å². The van der Waals surface area contributed by atoms with Gasteiger partial charge in [0.2, 0.25) is 5.91 Å². The third-order valence-electron chi connectivity index (χ3n) is 3.48. The van der Waals surface area contributed by atoms with E-state index in [9.17, 15) is 4.79 Å². The summed E-state index contributed by atoms with van der Waals surface area (Å²) < 4.78 is 0.520. The van der Waals surface area contributed by atoms with E-state index >= 15 is 0 Å². The first kappa shape index (κ1) is 13.3. The van der Waals surface area contributed by atoms with Gasteiger partial charge < -0.3 is 5.32 Å². The maximum Gasteiger partial charge on any atom is 0.233 e. The molecular formula is C12H11Cl2N5O. The lowest BCUT2D eigenvalue weighted by Crippen LogP contribution is -2.25. The summed E-state index contributed by atoms with van der Waals surface area (Å²) in [6.07, 6.45) is 1.92. The number of tetrazole rings is 1. The minimum atomic E-state index is -0.982. The van der Waals surface area contributed by atoms with Crippen LogP contribution in [-0.4, -0.2) is 30.4 Å². The average molecular weight is 312 g/mol. The molecule has 8 heteroatoms. The van der Waals surface area contributed by atoms with Gasteiger partial charge in [-0.3, -0.25) is 4.79 Å². The first-order chi connectivity index (χ1) is 9.42. The molecule has 0 aliphatic heterocycles. The Morgan fingerprint density at radius 1 is 1.45 bits per heavy atom. The molecule has 1 unspecified atom stereocenters. The number of nitrogens with zero attached hydrogens (tertiary/aromatic N) is 4. The van der Waals surface area contributed by atoms with Gasteiger partial charge in [0.1, 0.15) is 10.7 Å². The van der Waals surface area contributed by atoms with E-state index < -0.39 is 9.75 Å². The van der Waals surface area contributed by atoms with Crippen molar-refractivity contribution in [1.82, 2.24) is 20.2 Å². The van der Waals surface area contributed by atoms with Crippen LogP contribution in [0.25, 0.3) is 5.69 Å². The Morgan fingerprint density at radius 2 is 2.20 bits per heavy atom. The number of halogens is 2. The van der Waals surface area contributed by atoms with Crippen molar-refractivity contribution in [2.45, 2.75) is 17.7 Å². The summed E-state index contributed by atoms with van der Waals surface area (Å²) in [4.78, 5) is 12.2. The van der Waals surface area contributed by atoms with E-state index in [2.05, 4.69) is 20.8 Å². The van der Waals surface area contributed by atoms with Crippen LogP contribution < -0.4 is 5.32 Å². The van der Waals surface area contributed by atoms with Gasteiger partial charge in [-0.25, -0.2) is 4.68 Å². The zero-order chi connectivity index (χ0) is 14.4. The Kier molecular flexibility index (Phi) is 2.95. The van der Waals surface area contributed by atoms with Gasteiger partial charge in [0.15, 0.2) is 0 Å². The maximum absolute atomic E-state index is 12.2. The topological polar surface area (TPSA) is 72.7 Å². The molecular weight excluding hydrogens is 301 g/mol. The number of aromatic nitrogens is 4. The quantitative estimate of drug-likeness (QED) is 0.882. The van der Waals surface area contributed by atoms with Crippen LogP contribution >= 0.6 is 23.2 Å². The molecule has 0 radical (unpaired) electrons. The Labute approximate surface area is 125 Å². The predicted molar refractivity (Wildman–Crippen MR) is 74.9 cm³/mol. The van der Waals surface area contributed by atoms with E-state index in [1.807, 2.05) is 6.07 Å². The molecule has 0 spiro atoms. The lowest BCUT2D eigenvalue weighted by Gasteiger charge is -2.13. The SMILES string of the molecule is CC1(C(=O)Nc2cccc(-n3cnnn3)c2)CC1(Cl)Cl. The summed E-state index contributed by atoms with van der Waals surface area (Å²) in [7, 11) is 0. The van der Waals surface area contributed by atoms with Gasteiger partial charge in [0, 0.05) is 5.69 Å². The standard InChI is InChI=1S/C12H11Cl2N5O/c1-11(6-12(11,13)14)10(20)16-8-3-2-4-9(5-8)19-7-15-17-18-19/h2-5,7H,6H2,1H3,(H,16,20). The largest absolute Gasteiger partial charge is 0.325 e. The zero-order valence-corrected chi connectivity index (χ0v) is 12.1. The van der Waals surface area contributed by atoms with Gasteiger partial charge in [0.05, 0.1) is 11.1 Å². The van der Waals surface area contributed by atoms with Crippen molar-refractivity contribution in [3.63, 3.8) is 0 Å². The summed E-state index contributed by atoms with van der Waals surface area (Å²) in [5, 5.41) is 13.7. The van der Waals surface area contributed by atoms with Crippen molar-refractivity contribution in [3.05, 3.63) is 30.6 Å². The van der Waals surface area contributed by atoms with Gasteiger partial charge in [-0.05, 0) is 42.0 Å². The fourth-order valence-corrected chi connectivity index (χ4v) is 2.63. The highest BCUT2D eigenvalue weighted by atomic mass is 35.5. The minimum absolute atomic E-state index is 0.198. The zero-order valence-electron chi connectivity index (χ0n) is 10.5. The summed E-state index contributed by atoms with van der Waals surface area (Å²) in [5.41, 5.74) is 0.637. The summed E-state index contributed by atoms with van der Waals surface area (Å²) in [6, 6.07) is 7.18. The highest BCUT2D eigenvalue weighted by Gasteiger charge is 2.67. The average Bonchev–Trinajstić information content (AvgIpc) is 2.83. The Bertz CT molecular complexity index is 658. The Balaban J connectivity index is 1.79. The lowest BCUT2D eigenvalue weighted by atomic mass is 10.1. The Morgan fingerprint density at radius 3 is 2.80 bits per heavy atom. The van der Waals surface area contributed by atoms with Crippen LogP contribution in [0.1, 0.15) is 13.3 Å². The highest BCUT2D eigenvalue weighted by Crippen LogP contribution is 2.64. The number of anilines is 1. The van der Waals surface area contributed by atoms with Crippen LogP contribution in [0, 0.1) is 5.41 Å². The number of benzene rings is 1. The van der Waals surface area contributed by atoms with Crippen LogP contribution in [0.5, 0.6) is 0 Å². The predicted octanol–water partition coefficient (Wildman–Crippen LogP) is 2.18. The van der Waals surface area contributed by atoms with Crippen molar-refractivity contribution >= 4 is 34.8 Å². The third kappa shape index (κ3) is 2.14. The van der Waals surface area contributed by atoms with Crippen LogP contribution in [0.2, 0.25) is 0 Å². The summed E-state index contributed by atoms with van der Waals surface area (Å²) >= 11 is 12.0. The molecule has 1 atom stereocenters. The molecule has 1 saturated carbocycles. The summed E-state index contributed by atoms with van der Waals surface area (Å²) in [6.45, 7) is 1.74. The molecule has 1 aliphatic carbocycles. The number of hydrogen-bond donors (Lipinski definition) is 1. The molecule has 3 rings (SSSR count). The molecule has 2 aromatic rings. The van der Waals surface area contributed by atoms with E-state index in [4.69, 9.17) is 23.2 Å².